The summed E-state index contributed by atoms with van der Waals surface area (Å²) in [5.74, 6) is 0.518. The van der Waals surface area contributed by atoms with Crippen LogP contribution >= 0.6 is 0 Å². The highest BCUT2D eigenvalue weighted by atomic mass is 16.1. The van der Waals surface area contributed by atoms with Crippen molar-refractivity contribution in [2.45, 2.75) is 38.6 Å². The summed E-state index contributed by atoms with van der Waals surface area (Å²) >= 11 is 0. The summed E-state index contributed by atoms with van der Waals surface area (Å²) in [5.41, 5.74) is 2.25. The van der Waals surface area contributed by atoms with Crippen molar-refractivity contribution in [1.82, 2.24) is 4.90 Å². The Balaban J connectivity index is 2.18. The van der Waals surface area contributed by atoms with Gasteiger partial charge in [0.05, 0.1) is 0 Å². The number of carbonyl (C=O) groups excluding carboxylic acids is 1. The summed E-state index contributed by atoms with van der Waals surface area (Å²) in [6.45, 7) is 4.42. The second-order valence-corrected chi connectivity index (χ2v) is 6.17. The van der Waals surface area contributed by atoms with Crippen molar-refractivity contribution in [2.75, 3.05) is 14.1 Å². The molecule has 0 spiro atoms. The number of nitrogens with zero attached hydrogens (tertiary/aromatic N) is 1. The predicted molar refractivity (Wildman–Crippen MR) is 75.0 cm³/mol. The fourth-order valence-electron chi connectivity index (χ4n) is 2.64. The average Bonchev–Trinajstić information content (AvgIpc) is 2.33. The van der Waals surface area contributed by atoms with E-state index in [2.05, 4.69) is 38.9 Å². The number of Topliss-reactive ketones (excluding diaryl/α,β-unsaturated/α-hetero) is 1. The van der Waals surface area contributed by atoms with Crippen molar-refractivity contribution in [3.05, 3.63) is 35.4 Å². The maximum absolute atomic E-state index is 12.5. The molecule has 0 amide bonds. The molecule has 0 bridgehead atoms. The van der Waals surface area contributed by atoms with Gasteiger partial charge in [0.2, 0.25) is 0 Å². The first-order valence-corrected chi connectivity index (χ1v) is 6.71. The maximum Gasteiger partial charge on any atom is 0.166 e. The minimum absolute atomic E-state index is 0.0760. The normalized spacial score (nSPS) is 20.1. The molecule has 0 N–H and O–H groups in total. The lowest BCUT2D eigenvalue weighted by molar-refractivity contribution is 0.0814. The lowest BCUT2D eigenvalue weighted by Gasteiger charge is -2.36. The van der Waals surface area contributed by atoms with E-state index >= 15 is 0 Å². The minimum atomic E-state index is 0.0760. The van der Waals surface area contributed by atoms with Gasteiger partial charge in [-0.3, -0.25) is 4.79 Å². The van der Waals surface area contributed by atoms with Crippen LogP contribution in [0.25, 0.3) is 0 Å². The largest absolute Gasteiger partial charge is 0.304 e. The van der Waals surface area contributed by atoms with Crippen molar-refractivity contribution < 1.29 is 4.79 Å². The van der Waals surface area contributed by atoms with Crippen molar-refractivity contribution >= 4 is 5.78 Å². The van der Waals surface area contributed by atoms with Gasteiger partial charge in [-0.05, 0) is 52.8 Å². The van der Waals surface area contributed by atoms with E-state index in [1.165, 1.54) is 5.56 Å². The van der Waals surface area contributed by atoms with Gasteiger partial charge in [-0.25, -0.2) is 0 Å². The molecule has 1 unspecified atom stereocenters. The van der Waals surface area contributed by atoms with Gasteiger partial charge in [-0.2, -0.15) is 0 Å². The molecule has 2 nitrogen and oxygen atoms in total. The average molecular weight is 245 g/mol. The second-order valence-electron chi connectivity index (χ2n) is 6.17. The van der Waals surface area contributed by atoms with Gasteiger partial charge in [-0.1, -0.05) is 24.3 Å². The van der Waals surface area contributed by atoms with Crippen LogP contribution in [0, 0.1) is 5.92 Å². The first-order valence-electron chi connectivity index (χ1n) is 6.71. The summed E-state index contributed by atoms with van der Waals surface area (Å²) in [4.78, 5) is 14.7. The molecule has 2 rings (SSSR count). The van der Waals surface area contributed by atoms with E-state index in [4.69, 9.17) is 0 Å². The van der Waals surface area contributed by atoms with Crippen LogP contribution < -0.4 is 0 Å². The van der Waals surface area contributed by atoms with Crippen LogP contribution in [0.15, 0.2) is 24.3 Å². The third-order valence-corrected chi connectivity index (χ3v) is 4.37. The second kappa shape index (κ2) is 4.85. The topological polar surface area (TPSA) is 20.3 Å². The number of hydrogen-bond donors (Lipinski definition) is 0. The molecule has 0 aromatic heterocycles. The molecular formula is C16H23NO. The third-order valence-electron chi connectivity index (χ3n) is 4.37. The minimum Gasteiger partial charge on any atom is -0.304 e. The SMILES string of the molecule is CN(C)C(C)(C)CC1CCc2ccccc2C1=O. The first-order chi connectivity index (χ1) is 8.42. The molecular weight excluding hydrogens is 222 g/mol. The third kappa shape index (κ3) is 2.49. The van der Waals surface area contributed by atoms with Gasteiger partial charge in [-0.15, -0.1) is 0 Å². The lowest BCUT2D eigenvalue weighted by Crippen LogP contribution is -2.42. The van der Waals surface area contributed by atoms with E-state index in [1.54, 1.807) is 0 Å². The van der Waals surface area contributed by atoms with E-state index in [9.17, 15) is 4.79 Å². The van der Waals surface area contributed by atoms with Gasteiger partial charge in [0, 0.05) is 17.0 Å². The van der Waals surface area contributed by atoms with Gasteiger partial charge >= 0.3 is 0 Å². The standard InChI is InChI=1S/C16H23NO/c1-16(2,17(3)4)11-13-10-9-12-7-5-6-8-14(12)15(13)18/h5-8,13H,9-11H2,1-4H3. The number of rotatable bonds is 3. The Morgan fingerprint density at radius 3 is 2.61 bits per heavy atom. The Kier molecular flexibility index (Phi) is 3.58. The molecule has 0 saturated heterocycles. The van der Waals surface area contributed by atoms with E-state index in [-0.39, 0.29) is 11.5 Å². The molecule has 0 heterocycles. The molecule has 2 heteroatoms. The quantitative estimate of drug-likeness (QED) is 0.815. The van der Waals surface area contributed by atoms with Crippen LogP contribution in [0.1, 0.15) is 42.6 Å². The van der Waals surface area contributed by atoms with Crippen LogP contribution in [-0.2, 0) is 6.42 Å². The molecule has 18 heavy (non-hydrogen) atoms. The van der Waals surface area contributed by atoms with Gasteiger partial charge in [0.15, 0.2) is 5.78 Å². The van der Waals surface area contributed by atoms with E-state index in [0.29, 0.717) is 5.78 Å². The van der Waals surface area contributed by atoms with Gasteiger partial charge in [0.25, 0.3) is 0 Å². The van der Waals surface area contributed by atoms with Crippen LogP contribution in [0.4, 0.5) is 0 Å². The van der Waals surface area contributed by atoms with Crippen LogP contribution in [-0.4, -0.2) is 30.3 Å². The van der Waals surface area contributed by atoms with Crippen molar-refractivity contribution in [3.8, 4) is 0 Å². The number of benzene rings is 1. The molecule has 1 atom stereocenters. The van der Waals surface area contributed by atoms with Crippen LogP contribution in [0.2, 0.25) is 0 Å². The molecule has 0 radical (unpaired) electrons. The Bertz CT molecular complexity index is 448. The molecule has 1 aliphatic carbocycles. The van der Waals surface area contributed by atoms with Crippen LogP contribution in [0.5, 0.6) is 0 Å². The van der Waals surface area contributed by atoms with Crippen molar-refractivity contribution in [3.63, 3.8) is 0 Å². The van der Waals surface area contributed by atoms with E-state index in [0.717, 1.165) is 24.8 Å². The van der Waals surface area contributed by atoms with Crippen LogP contribution in [0.3, 0.4) is 0 Å². The highest BCUT2D eigenvalue weighted by Gasteiger charge is 2.33. The molecule has 0 aliphatic heterocycles. The zero-order chi connectivity index (χ0) is 13.3. The molecule has 98 valence electrons. The lowest BCUT2D eigenvalue weighted by atomic mass is 9.77. The predicted octanol–water partition coefficient (Wildman–Crippen LogP) is 3.16. The Morgan fingerprint density at radius 1 is 1.28 bits per heavy atom. The highest BCUT2D eigenvalue weighted by Crippen LogP contribution is 2.32. The summed E-state index contributed by atoms with van der Waals surface area (Å²) in [5, 5.41) is 0. The Hall–Kier alpha value is -1.15. The smallest absolute Gasteiger partial charge is 0.166 e. The fraction of sp³-hybridized carbons (Fsp3) is 0.562. The summed E-state index contributed by atoms with van der Waals surface area (Å²) in [6, 6.07) is 8.05. The summed E-state index contributed by atoms with van der Waals surface area (Å²) in [6.07, 6.45) is 2.97. The van der Waals surface area contributed by atoms with E-state index < -0.39 is 0 Å². The first kappa shape index (κ1) is 13.3. The number of carbonyl (C=O) groups is 1. The highest BCUT2D eigenvalue weighted by molar-refractivity contribution is 6.00. The molecule has 1 aliphatic rings. The summed E-state index contributed by atoms with van der Waals surface area (Å²) < 4.78 is 0. The maximum atomic E-state index is 12.5. The molecule has 1 aromatic rings. The fourth-order valence-corrected chi connectivity index (χ4v) is 2.64. The molecule has 0 fully saturated rings. The molecule has 1 aromatic carbocycles. The molecule has 0 saturated carbocycles. The zero-order valence-electron chi connectivity index (χ0n) is 11.9. The van der Waals surface area contributed by atoms with E-state index in [1.807, 2.05) is 18.2 Å². The van der Waals surface area contributed by atoms with Gasteiger partial charge < -0.3 is 4.90 Å². The number of hydrogen-bond acceptors (Lipinski definition) is 2. The number of aryl methyl sites for hydroxylation is 1. The van der Waals surface area contributed by atoms with Gasteiger partial charge in [0.1, 0.15) is 0 Å². The number of fused-ring (bicyclic) bond motifs is 1. The number of ketones is 1. The van der Waals surface area contributed by atoms with Crippen molar-refractivity contribution in [2.24, 2.45) is 5.92 Å². The monoisotopic (exact) mass is 245 g/mol. The Labute approximate surface area is 110 Å². The Morgan fingerprint density at radius 2 is 1.94 bits per heavy atom. The summed E-state index contributed by atoms with van der Waals surface area (Å²) in [7, 11) is 4.17. The van der Waals surface area contributed by atoms with Crippen molar-refractivity contribution in [1.29, 1.82) is 0 Å². The zero-order valence-corrected chi connectivity index (χ0v) is 11.9.